The average molecular weight is 246 g/mol. The summed E-state index contributed by atoms with van der Waals surface area (Å²) in [5.41, 5.74) is 2.70. The van der Waals surface area contributed by atoms with Crippen molar-refractivity contribution in [1.82, 2.24) is 20.1 Å². The van der Waals surface area contributed by atoms with Crippen LogP contribution in [0.3, 0.4) is 0 Å². The quantitative estimate of drug-likeness (QED) is 0.864. The zero-order valence-electron chi connectivity index (χ0n) is 10.9. The molecule has 0 radical (unpaired) electrons. The third-order valence-corrected chi connectivity index (χ3v) is 2.94. The van der Waals surface area contributed by atoms with Gasteiger partial charge in [0.05, 0.1) is 17.8 Å². The van der Waals surface area contributed by atoms with Crippen LogP contribution in [0.25, 0.3) is 0 Å². The van der Waals surface area contributed by atoms with Crippen LogP contribution in [0.4, 0.5) is 0 Å². The number of nitrogens with one attached hydrogen (secondary N) is 2. The van der Waals surface area contributed by atoms with E-state index in [4.69, 9.17) is 0 Å². The minimum Gasteiger partial charge on any atom is -0.365 e. The first-order valence-corrected chi connectivity index (χ1v) is 6.01. The Kier molecular flexibility index (Phi) is 3.50. The van der Waals surface area contributed by atoms with Gasteiger partial charge in [0.1, 0.15) is 0 Å². The molecule has 0 aliphatic heterocycles. The molecule has 5 nitrogen and oxygen atoms in total. The fraction of sp³-hybridized carbons (Fsp3) is 0.385. The van der Waals surface area contributed by atoms with Crippen LogP contribution in [0.1, 0.15) is 34.6 Å². The van der Waals surface area contributed by atoms with Crippen LogP contribution >= 0.6 is 0 Å². The zero-order chi connectivity index (χ0) is 13.1. The summed E-state index contributed by atoms with van der Waals surface area (Å²) in [6.45, 7) is 6.47. The minimum atomic E-state index is -0.0514. The first kappa shape index (κ1) is 12.4. The number of carbonyl (C=O) groups excluding carboxylic acids is 1. The summed E-state index contributed by atoms with van der Waals surface area (Å²) in [6.07, 6.45) is 5.55. The summed E-state index contributed by atoms with van der Waals surface area (Å²) in [6, 6.07) is 1.93. The number of hydrogen-bond donors (Lipinski definition) is 2. The Morgan fingerprint density at radius 3 is 2.89 bits per heavy atom. The lowest BCUT2D eigenvalue weighted by atomic mass is 10.2. The predicted molar refractivity (Wildman–Crippen MR) is 69.5 cm³/mol. The molecule has 1 amide bonds. The molecule has 2 heterocycles. The van der Waals surface area contributed by atoms with Crippen LogP contribution in [0.2, 0.25) is 0 Å². The predicted octanol–water partition coefficient (Wildman–Crippen LogP) is 1.82. The fourth-order valence-electron chi connectivity index (χ4n) is 1.80. The van der Waals surface area contributed by atoms with E-state index in [2.05, 4.69) is 15.4 Å². The smallest absolute Gasteiger partial charge is 0.253 e. The minimum absolute atomic E-state index is 0.0514. The number of hydrogen-bond acceptors (Lipinski definition) is 2. The van der Waals surface area contributed by atoms with Gasteiger partial charge in [-0.2, -0.15) is 5.10 Å². The third-order valence-electron chi connectivity index (χ3n) is 2.94. The maximum Gasteiger partial charge on any atom is 0.253 e. The Bertz CT molecular complexity index is 541. The first-order chi connectivity index (χ1) is 8.58. The third kappa shape index (κ3) is 2.61. The molecule has 0 aromatic carbocycles. The Labute approximate surface area is 106 Å². The molecule has 2 N–H and O–H groups in total. The molecule has 0 saturated carbocycles. The topological polar surface area (TPSA) is 62.7 Å². The summed E-state index contributed by atoms with van der Waals surface area (Å²) >= 11 is 0. The molecule has 0 aliphatic carbocycles. The number of aromatic nitrogens is 3. The number of carbonyl (C=O) groups is 1. The second-order valence-electron chi connectivity index (χ2n) is 4.57. The van der Waals surface area contributed by atoms with Crippen LogP contribution in [0.5, 0.6) is 0 Å². The molecule has 0 saturated heterocycles. The van der Waals surface area contributed by atoms with Crippen molar-refractivity contribution in [3.63, 3.8) is 0 Å². The molecule has 0 aliphatic rings. The Morgan fingerprint density at radius 2 is 2.33 bits per heavy atom. The van der Waals surface area contributed by atoms with Gasteiger partial charge in [0, 0.05) is 24.6 Å². The highest BCUT2D eigenvalue weighted by Crippen LogP contribution is 2.07. The van der Waals surface area contributed by atoms with Crippen LogP contribution < -0.4 is 5.32 Å². The number of nitrogens with zero attached hydrogens (tertiary/aromatic N) is 2. The van der Waals surface area contributed by atoms with Crippen molar-refractivity contribution in [2.45, 2.75) is 26.8 Å². The normalized spacial score (nSPS) is 12.4. The van der Waals surface area contributed by atoms with E-state index in [1.165, 1.54) is 0 Å². The molecule has 1 atom stereocenters. The van der Waals surface area contributed by atoms with Gasteiger partial charge in [0.15, 0.2) is 0 Å². The second-order valence-corrected chi connectivity index (χ2v) is 4.57. The number of aromatic amines is 1. The van der Waals surface area contributed by atoms with Gasteiger partial charge in [-0.15, -0.1) is 0 Å². The Morgan fingerprint density at radius 1 is 1.56 bits per heavy atom. The van der Waals surface area contributed by atoms with E-state index < -0.39 is 0 Å². The molecule has 1 unspecified atom stereocenters. The molecule has 18 heavy (non-hydrogen) atoms. The summed E-state index contributed by atoms with van der Waals surface area (Å²) in [5.74, 6) is -0.0514. The molecule has 2 aromatic rings. The highest BCUT2D eigenvalue weighted by Gasteiger charge is 2.11. The van der Waals surface area contributed by atoms with Crippen LogP contribution in [-0.2, 0) is 0 Å². The summed E-state index contributed by atoms with van der Waals surface area (Å²) in [4.78, 5) is 14.9. The van der Waals surface area contributed by atoms with E-state index >= 15 is 0 Å². The molecule has 5 heteroatoms. The van der Waals surface area contributed by atoms with Crippen molar-refractivity contribution in [2.75, 3.05) is 6.54 Å². The van der Waals surface area contributed by atoms with E-state index in [1.807, 2.05) is 37.8 Å². The van der Waals surface area contributed by atoms with Crippen LogP contribution in [0, 0.1) is 13.8 Å². The molecular formula is C13H18N4O. The van der Waals surface area contributed by atoms with Crippen molar-refractivity contribution in [3.8, 4) is 0 Å². The van der Waals surface area contributed by atoms with Gasteiger partial charge in [-0.25, -0.2) is 0 Å². The number of rotatable bonds is 4. The van der Waals surface area contributed by atoms with Crippen molar-refractivity contribution in [1.29, 1.82) is 0 Å². The van der Waals surface area contributed by atoms with E-state index in [1.54, 1.807) is 12.3 Å². The van der Waals surface area contributed by atoms with Gasteiger partial charge < -0.3 is 10.3 Å². The summed E-state index contributed by atoms with van der Waals surface area (Å²) < 4.78 is 1.86. The van der Waals surface area contributed by atoms with Crippen molar-refractivity contribution < 1.29 is 4.79 Å². The van der Waals surface area contributed by atoms with Crippen molar-refractivity contribution in [3.05, 3.63) is 41.5 Å². The van der Waals surface area contributed by atoms with Gasteiger partial charge in [-0.1, -0.05) is 0 Å². The van der Waals surface area contributed by atoms with Gasteiger partial charge in [0.2, 0.25) is 0 Å². The Hall–Kier alpha value is -2.04. The van der Waals surface area contributed by atoms with E-state index in [0.29, 0.717) is 12.1 Å². The zero-order valence-corrected chi connectivity index (χ0v) is 10.9. The summed E-state index contributed by atoms with van der Waals surface area (Å²) in [5, 5.41) is 7.15. The monoisotopic (exact) mass is 246 g/mol. The Balaban J connectivity index is 1.92. The van der Waals surface area contributed by atoms with Gasteiger partial charge in [0.25, 0.3) is 5.91 Å². The highest BCUT2D eigenvalue weighted by atomic mass is 16.1. The number of H-pyrrole nitrogens is 1. The van der Waals surface area contributed by atoms with E-state index in [9.17, 15) is 4.79 Å². The van der Waals surface area contributed by atoms with Gasteiger partial charge in [-0.05, 0) is 32.4 Å². The highest BCUT2D eigenvalue weighted by molar-refractivity contribution is 5.95. The summed E-state index contributed by atoms with van der Waals surface area (Å²) in [7, 11) is 0. The van der Waals surface area contributed by atoms with Crippen molar-refractivity contribution in [2.24, 2.45) is 0 Å². The van der Waals surface area contributed by atoms with Gasteiger partial charge in [-0.3, -0.25) is 9.48 Å². The number of aryl methyl sites for hydroxylation is 2. The SMILES string of the molecule is Cc1cnn(C(C)CNC(=O)c2cc[nH]c2C)c1. The fourth-order valence-corrected chi connectivity index (χ4v) is 1.80. The molecule has 2 aromatic heterocycles. The molecule has 0 bridgehead atoms. The lowest BCUT2D eigenvalue weighted by Crippen LogP contribution is -2.29. The average Bonchev–Trinajstić information content (AvgIpc) is 2.94. The van der Waals surface area contributed by atoms with Crippen LogP contribution in [-0.4, -0.2) is 27.2 Å². The largest absolute Gasteiger partial charge is 0.365 e. The molecule has 0 spiro atoms. The second kappa shape index (κ2) is 5.08. The van der Waals surface area contributed by atoms with E-state index in [0.717, 1.165) is 11.3 Å². The standard InChI is InChI=1S/C13H18N4O/c1-9-6-16-17(8-9)10(2)7-15-13(18)12-4-5-14-11(12)3/h4-6,8,10,14H,7H2,1-3H3,(H,15,18). The molecular weight excluding hydrogens is 228 g/mol. The molecule has 96 valence electrons. The molecule has 2 rings (SSSR count). The maximum absolute atomic E-state index is 11.9. The van der Waals surface area contributed by atoms with Gasteiger partial charge >= 0.3 is 0 Å². The molecule has 0 fully saturated rings. The van der Waals surface area contributed by atoms with Crippen molar-refractivity contribution >= 4 is 5.91 Å². The first-order valence-electron chi connectivity index (χ1n) is 6.01. The lowest BCUT2D eigenvalue weighted by molar-refractivity contribution is 0.0947. The van der Waals surface area contributed by atoms with E-state index in [-0.39, 0.29) is 11.9 Å². The number of amides is 1. The lowest BCUT2D eigenvalue weighted by Gasteiger charge is -2.13. The maximum atomic E-state index is 11.9. The van der Waals surface area contributed by atoms with Crippen LogP contribution in [0.15, 0.2) is 24.7 Å².